The van der Waals surface area contributed by atoms with E-state index < -0.39 is 17.9 Å². The van der Waals surface area contributed by atoms with Gasteiger partial charge in [-0.3, -0.25) is 9.69 Å². The van der Waals surface area contributed by atoms with E-state index in [1.165, 1.54) is 0 Å². The SMILES string of the molecule is CCOC(=O)COc1ccc(/C=C2/NC(=O)N(Cc3ccccc3)C2=O)cc1OCC. The normalized spacial score (nSPS) is 14.5. The number of hydrogen-bond acceptors (Lipinski definition) is 6. The van der Waals surface area contributed by atoms with Crippen molar-refractivity contribution < 1.29 is 28.6 Å². The van der Waals surface area contributed by atoms with Gasteiger partial charge in [0, 0.05) is 0 Å². The van der Waals surface area contributed by atoms with E-state index in [1.807, 2.05) is 37.3 Å². The first-order valence-corrected chi connectivity index (χ1v) is 9.95. The van der Waals surface area contributed by atoms with Crippen molar-refractivity contribution in [3.63, 3.8) is 0 Å². The first-order chi connectivity index (χ1) is 15.0. The van der Waals surface area contributed by atoms with Crippen molar-refractivity contribution in [2.75, 3.05) is 19.8 Å². The molecule has 8 nitrogen and oxygen atoms in total. The Hall–Kier alpha value is -3.81. The third kappa shape index (κ3) is 5.63. The molecule has 3 amide bonds. The predicted molar refractivity (Wildman–Crippen MR) is 113 cm³/mol. The van der Waals surface area contributed by atoms with E-state index in [2.05, 4.69) is 5.32 Å². The number of carbonyl (C=O) groups is 3. The van der Waals surface area contributed by atoms with Gasteiger partial charge in [-0.05, 0) is 43.2 Å². The number of imide groups is 1. The molecule has 3 rings (SSSR count). The quantitative estimate of drug-likeness (QED) is 0.378. The molecule has 162 valence electrons. The number of rotatable bonds is 9. The predicted octanol–water partition coefficient (Wildman–Crippen LogP) is 3.12. The maximum Gasteiger partial charge on any atom is 0.344 e. The highest BCUT2D eigenvalue weighted by Gasteiger charge is 2.33. The molecule has 2 aromatic rings. The Kier molecular flexibility index (Phi) is 7.26. The van der Waals surface area contributed by atoms with E-state index in [0.717, 1.165) is 10.5 Å². The largest absolute Gasteiger partial charge is 0.490 e. The number of ether oxygens (including phenoxy) is 3. The molecule has 1 N–H and O–H groups in total. The topological polar surface area (TPSA) is 94.2 Å². The monoisotopic (exact) mass is 424 g/mol. The zero-order valence-corrected chi connectivity index (χ0v) is 17.4. The molecular weight excluding hydrogens is 400 g/mol. The second-order valence-electron chi connectivity index (χ2n) is 6.60. The van der Waals surface area contributed by atoms with Gasteiger partial charge in [0.1, 0.15) is 5.70 Å². The van der Waals surface area contributed by atoms with Gasteiger partial charge < -0.3 is 19.5 Å². The fourth-order valence-electron chi connectivity index (χ4n) is 2.99. The van der Waals surface area contributed by atoms with Gasteiger partial charge in [-0.15, -0.1) is 0 Å². The first-order valence-electron chi connectivity index (χ1n) is 9.95. The molecule has 8 heteroatoms. The summed E-state index contributed by atoms with van der Waals surface area (Å²) in [5, 5.41) is 2.61. The number of benzene rings is 2. The Morgan fingerprint density at radius 3 is 2.48 bits per heavy atom. The van der Waals surface area contributed by atoms with Crippen LogP contribution < -0.4 is 14.8 Å². The zero-order valence-electron chi connectivity index (χ0n) is 17.4. The Balaban J connectivity index is 1.76. The van der Waals surface area contributed by atoms with Crippen LogP contribution in [0.3, 0.4) is 0 Å². The van der Waals surface area contributed by atoms with Gasteiger partial charge in [0.05, 0.1) is 19.8 Å². The molecule has 0 bridgehead atoms. The number of carbonyl (C=O) groups excluding carboxylic acids is 3. The number of nitrogens with one attached hydrogen (secondary N) is 1. The lowest BCUT2D eigenvalue weighted by Crippen LogP contribution is -2.30. The van der Waals surface area contributed by atoms with Crippen LogP contribution >= 0.6 is 0 Å². The molecule has 0 atom stereocenters. The molecule has 0 saturated carbocycles. The minimum Gasteiger partial charge on any atom is -0.490 e. The minimum absolute atomic E-state index is 0.170. The fourth-order valence-corrected chi connectivity index (χ4v) is 2.99. The minimum atomic E-state index is -0.478. The fraction of sp³-hybridized carbons (Fsp3) is 0.261. The van der Waals surface area contributed by atoms with E-state index in [9.17, 15) is 14.4 Å². The summed E-state index contributed by atoms with van der Waals surface area (Å²) in [5.41, 5.74) is 1.66. The van der Waals surface area contributed by atoms with Crippen LogP contribution in [0, 0.1) is 0 Å². The third-order valence-electron chi connectivity index (χ3n) is 4.38. The zero-order chi connectivity index (χ0) is 22.2. The smallest absolute Gasteiger partial charge is 0.344 e. The second-order valence-corrected chi connectivity index (χ2v) is 6.60. The number of urea groups is 1. The van der Waals surface area contributed by atoms with Crippen LogP contribution in [0.25, 0.3) is 6.08 Å². The number of amides is 3. The highest BCUT2D eigenvalue weighted by molar-refractivity contribution is 6.13. The van der Waals surface area contributed by atoms with Gasteiger partial charge in [-0.1, -0.05) is 36.4 Å². The summed E-state index contributed by atoms with van der Waals surface area (Å²) in [5.74, 6) is -0.0908. The summed E-state index contributed by atoms with van der Waals surface area (Å²) in [4.78, 5) is 37.7. The molecule has 0 radical (unpaired) electrons. The van der Waals surface area contributed by atoms with Gasteiger partial charge in [0.15, 0.2) is 18.1 Å². The molecule has 2 aromatic carbocycles. The lowest BCUT2D eigenvalue weighted by Gasteiger charge is -2.12. The Morgan fingerprint density at radius 2 is 1.77 bits per heavy atom. The Bertz CT molecular complexity index is 987. The lowest BCUT2D eigenvalue weighted by molar-refractivity contribution is -0.145. The van der Waals surface area contributed by atoms with E-state index in [4.69, 9.17) is 14.2 Å². The van der Waals surface area contributed by atoms with Crippen LogP contribution in [0.15, 0.2) is 54.2 Å². The number of nitrogens with zero attached hydrogens (tertiary/aromatic N) is 1. The van der Waals surface area contributed by atoms with E-state index in [0.29, 0.717) is 23.7 Å². The Morgan fingerprint density at radius 1 is 1.00 bits per heavy atom. The van der Waals surface area contributed by atoms with Crippen LogP contribution in [-0.2, 0) is 20.9 Å². The van der Waals surface area contributed by atoms with Crippen LogP contribution in [0.1, 0.15) is 25.0 Å². The Labute approximate surface area is 180 Å². The maximum atomic E-state index is 12.7. The highest BCUT2D eigenvalue weighted by Crippen LogP contribution is 2.30. The average Bonchev–Trinajstić information content (AvgIpc) is 3.02. The van der Waals surface area contributed by atoms with Crippen molar-refractivity contribution in [2.24, 2.45) is 0 Å². The summed E-state index contributed by atoms with van der Waals surface area (Å²) < 4.78 is 15.9. The molecular formula is C23H24N2O6. The second kappa shape index (κ2) is 10.3. The van der Waals surface area contributed by atoms with Crippen molar-refractivity contribution in [3.05, 3.63) is 65.4 Å². The molecule has 31 heavy (non-hydrogen) atoms. The van der Waals surface area contributed by atoms with E-state index in [-0.39, 0.29) is 25.5 Å². The standard InChI is InChI=1S/C23H24N2O6/c1-3-29-20-13-17(10-11-19(20)31-15-21(26)30-4-2)12-18-22(27)25(23(28)24-18)14-16-8-6-5-7-9-16/h5-13H,3-4,14-15H2,1-2H3,(H,24,28)/b18-12+. The van der Waals surface area contributed by atoms with Crippen LogP contribution in [0.4, 0.5) is 4.79 Å². The van der Waals surface area contributed by atoms with Crippen molar-refractivity contribution in [2.45, 2.75) is 20.4 Å². The van der Waals surface area contributed by atoms with Crippen molar-refractivity contribution in [3.8, 4) is 11.5 Å². The van der Waals surface area contributed by atoms with E-state index in [1.54, 1.807) is 31.2 Å². The number of esters is 1. The molecule has 1 fully saturated rings. The van der Waals surface area contributed by atoms with Gasteiger partial charge >= 0.3 is 12.0 Å². The van der Waals surface area contributed by atoms with E-state index >= 15 is 0 Å². The molecule has 0 aliphatic carbocycles. The summed E-state index contributed by atoms with van der Waals surface area (Å²) in [6.45, 7) is 4.15. The van der Waals surface area contributed by atoms with Crippen molar-refractivity contribution >= 4 is 24.0 Å². The van der Waals surface area contributed by atoms with Gasteiger partial charge in [0.2, 0.25) is 0 Å². The highest BCUT2D eigenvalue weighted by atomic mass is 16.6. The third-order valence-corrected chi connectivity index (χ3v) is 4.38. The summed E-state index contributed by atoms with van der Waals surface area (Å²) >= 11 is 0. The summed E-state index contributed by atoms with van der Waals surface area (Å²) in [6, 6.07) is 13.8. The number of hydrogen-bond donors (Lipinski definition) is 1. The molecule has 1 aliphatic rings. The summed E-state index contributed by atoms with van der Waals surface area (Å²) in [7, 11) is 0. The van der Waals surface area contributed by atoms with Gasteiger partial charge in [-0.25, -0.2) is 9.59 Å². The lowest BCUT2D eigenvalue weighted by atomic mass is 10.1. The molecule has 0 spiro atoms. The molecule has 1 saturated heterocycles. The maximum absolute atomic E-state index is 12.7. The van der Waals surface area contributed by atoms with Gasteiger partial charge in [0.25, 0.3) is 5.91 Å². The average molecular weight is 424 g/mol. The molecule has 1 heterocycles. The first kappa shape index (κ1) is 21.9. The van der Waals surface area contributed by atoms with Crippen molar-refractivity contribution in [1.29, 1.82) is 0 Å². The van der Waals surface area contributed by atoms with Gasteiger partial charge in [-0.2, -0.15) is 0 Å². The molecule has 1 aliphatic heterocycles. The van der Waals surface area contributed by atoms with Crippen LogP contribution in [0.2, 0.25) is 0 Å². The summed E-state index contributed by atoms with van der Waals surface area (Å²) in [6.07, 6.45) is 1.57. The van der Waals surface area contributed by atoms with Crippen molar-refractivity contribution in [1.82, 2.24) is 10.2 Å². The molecule has 0 aromatic heterocycles. The van der Waals surface area contributed by atoms with Crippen LogP contribution in [0.5, 0.6) is 11.5 Å². The molecule has 0 unspecified atom stereocenters. The van der Waals surface area contributed by atoms with Crippen LogP contribution in [-0.4, -0.2) is 42.6 Å².